The number of rotatable bonds is 15. The van der Waals surface area contributed by atoms with Crippen molar-refractivity contribution in [1.82, 2.24) is 10.2 Å². The number of esters is 1. The van der Waals surface area contributed by atoms with E-state index in [-0.39, 0.29) is 40.0 Å². The second kappa shape index (κ2) is 17.7. The quantitative estimate of drug-likeness (QED) is 0.0660. The van der Waals surface area contributed by atoms with E-state index in [9.17, 15) is 19.9 Å². The molecule has 2 saturated heterocycles. The molecule has 10 nitrogen and oxygen atoms in total. The van der Waals surface area contributed by atoms with Gasteiger partial charge in [0.2, 0.25) is 12.4 Å². The van der Waals surface area contributed by atoms with Crippen LogP contribution in [0.25, 0.3) is 0 Å². The normalized spacial score (nSPS) is 19.0. The molecule has 5 aromatic rings. The number of ether oxygens (including phenoxy) is 3. The van der Waals surface area contributed by atoms with Crippen molar-refractivity contribution in [3.63, 3.8) is 0 Å². The van der Waals surface area contributed by atoms with Crippen LogP contribution in [0, 0.1) is 0 Å². The average Bonchev–Trinajstić information content (AvgIpc) is 3.71. The third-order valence-electron chi connectivity index (χ3n) is 10.8. The van der Waals surface area contributed by atoms with Crippen LogP contribution in [-0.2, 0) is 29.0 Å². The summed E-state index contributed by atoms with van der Waals surface area (Å²) in [6.07, 6.45) is 6.36. The number of halogens is 2. The van der Waals surface area contributed by atoms with Gasteiger partial charge in [-0.3, -0.25) is 15.4 Å². The summed E-state index contributed by atoms with van der Waals surface area (Å²) in [6.45, 7) is 1.07. The number of nitrogens with zero attached hydrogens (tertiary/aromatic N) is 2. The molecule has 0 amide bonds. The van der Waals surface area contributed by atoms with Crippen molar-refractivity contribution in [2.75, 3.05) is 14.2 Å². The highest BCUT2D eigenvalue weighted by Crippen LogP contribution is 2.42. The number of hydrogen-bond acceptors (Lipinski definition) is 10. The number of pyridine rings is 1. The molecule has 56 heavy (non-hydrogen) atoms. The van der Waals surface area contributed by atoms with Crippen LogP contribution in [0.2, 0.25) is 10.0 Å². The molecule has 4 atom stereocenters. The standard InChI is InChI=1S/C43H43Cl2N3O7S/c1-53-38-16-13-28(17-39(38)54-2)33(21-35-36(44)24-47(52)25-37(35)45)34-20-32(56-41(34)42(49)50)22-46-40(27-11-7-4-8-12-27)43(51)55-31-18-29-14-15-30(19-31)48(29)23-26-9-5-3-6-10-26/h3-13,16-17,20,24-25,29-31,33,40,46H,14-15,18-19,21-23H2,1-2H3,(H-,49,50,52)/t29-,30-,33+,40?/m1/s1. The van der Waals surface area contributed by atoms with Crippen molar-refractivity contribution < 1.29 is 38.8 Å². The first-order valence-corrected chi connectivity index (χ1v) is 20.1. The fraction of sp³-hybridized carbons (Fsp3) is 0.326. The molecule has 4 heterocycles. The van der Waals surface area contributed by atoms with Crippen LogP contribution in [-0.4, -0.2) is 54.5 Å². The zero-order valence-electron chi connectivity index (χ0n) is 31.0. The molecule has 2 aliphatic heterocycles. The summed E-state index contributed by atoms with van der Waals surface area (Å²) in [5, 5.41) is 26.6. The lowest BCUT2D eigenvalue weighted by Crippen LogP contribution is -2.46. The van der Waals surface area contributed by atoms with Crippen molar-refractivity contribution in [2.45, 2.75) is 75.3 Å². The van der Waals surface area contributed by atoms with Crippen molar-refractivity contribution >= 4 is 46.5 Å². The van der Waals surface area contributed by atoms with Gasteiger partial charge in [0.25, 0.3) is 0 Å². The van der Waals surface area contributed by atoms with E-state index >= 15 is 0 Å². The molecule has 2 fully saturated rings. The number of thiophene rings is 1. The summed E-state index contributed by atoms with van der Waals surface area (Å²) in [4.78, 5) is 30.1. The van der Waals surface area contributed by atoms with Gasteiger partial charge in [-0.05, 0) is 59.7 Å². The molecule has 2 aliphatic rings. The molecule has 2 N–H and O–H groups in total. The van der Waals surface area contributed by atoms with Crippen LogP contribution in [0.1, 0.15) is 80.0 Å². The number of aromatic carboxylic acids is 1. The zero-order chi connectivity index (χ0) is 39.3. The minimum absolute atomic E-state index is 0.0264. The highest BCUT2D eigenvalue weighted by atomic mass is 35.5. The number of carboxylic acids is 1. The lowest BCUT2D eigenvalue weighted by molar-refractivity contribution is -0.904. The molecule has 1 unspecified atom stereocenters. The van der Waals surface area contributed by atoms with Gasteiger partial charge in [-0.25, -0.2) is 4.79 Å². The Balaban J connectivity index is 1.14. The summed E-state index contributed by atoms with van der Waals surface area (Å²) in [7, 11) is 3.06. The summed E-state index contributed by atoms with van der Waals surface area (Å²) < 4.78 is 18.1. The van der Waals surface area contributed by atoms with Crippen molar-refractivity contribution in [3.05, 3.63) is 145 Å². The molecule has 292 valence electrons. The van der Waals surface area contributed by atoms with Gasteiger partial charge in [0.1, 0.15) is 22.2 Å². The fourth-order valence-corrected chi connectivity index (χ4v) is 9.78. The van der Waals surface area contributed by atoms with Gasteiger partial charge in [-0.1, -0.05) is 89.9 Å². The first-order valence-electron chi connectivity index (χ1n) is 18.5. The second-order valence-corrected chi connectivity index (χ2v) is 16.2. The number of aromatic nitrogens is 1. The minimum Gasteiger partial charge on any atom is -0.544 e. The van der Waals surface area contributed by atoms with E-state index in [1.165, 1.54) is 32.2 Å². The van der Waals surface area contributed by atoms with Gasteiger partial charge in [-0.15, -0.1) is 11.3 Å². The van der Waals surface area contributed by atoms with Crippen LogP contribution in [0.15, 0.2) is 97.3 Å². The Bertz CT molecular complexity index is 2130. The van der Waals surface area contributed by atoms with Crippen molar-refractivity contribution in [3.8, 4) is 11.5 Å². The molecular weight excluding hydrogens is 773 g/mol. The molecule has 0 aliphatic carbocycles. The van der Waals surface area contributed by atoms with E-state index in [1.807, 2.05) is 48.5 Å². The Morgan fingerprint density at radius 1 is 0.911 bits per heavy atom. The number of carbonyl (C=O) groups excluding carboxylic acids is 2. The highest BCUT2D eigenvalue weighted by molar-refractivity contribution is 7.14. The first-order chi connectivity index (χ1) is 27.1. The van der Waals surface area contributed by atoms with E-state index in [1.54, 1.807) is 12.1 Å². The molecule has 0 radical (unpaired) electrons. The zero-order valence-corrected chi connectivity index (χ0v) is 33.4. The lowest BCUT2D eigenvalue weighted by Gasteiger charge is -2.39. The highest BCUT2D eigenvalue weighted by Gasteiger charge is 2.42. The number of benzene rings is 3. The van der Waals surface area contributed by atoms with Gasteiger partial charge in [0, 0.05) is 59.1 Å². The van der Waals surface area contributed by atoms with E-state index in [2.05, 4.69) is 34.5 Å². The summed E-state index contributed by atoms with van der Waals surface area (Å²) in [5.41, 5.74) is 3.73. The molecule has 0 saturated carbocycles. The van der Waals surface area contributed by atoms with Crippen LogP contribution in [0.5, 0.6) is 11.5 Å². The summed E-state index contributed by atoms with van der Waals surface area (Å²) in [5.74, 6) is -1.33. The van der Waals surface area contributed by atoms with E-state index in [4.69, 9.17) is 37.4 Å². The average molecular weight is 817 g/mol. The third-order valence-corrected chi connectivity index (χ3v) is 12.6. The maximum absolute atomic E-state index is 14.1. The first kappa shape index (κ1) is 39.6. The van der Waals surface area contributed by atoms with Crippen LogP contribution >= 0.6 is 34.5 Å². The minimum atomic E-state index is -1.34. The Morgan fingerprint density at radius 2 is 1.55 bits per heavy atom. The molecule has 2 aromatic heterocycles. The molecular formula is C43H43Cl2N3O7S. The Labute approximate surface area is 340 Å². The predicted molar refractivity (Wildman–Crippen MR) is 212 cm³/mol. The maximum Gasteiger partial charge on any atom is 0.328 e. The fourth-order valence-electron chi connectivity index (χ4n) is 8.17. The Kier molecular flexibility index (Phi) is 12.5. The van der Waals surface area contributed by atoms with Crippen molar-refractivity contribution in [1.29, 1.82) is 0 Å². The SMILES string of the molecule is COc1ccc([C@H](Cc2c(Cl)c[n+](O)cc2Cl)c2cc(CNC(C(=O)OC3C[C@H]4CC[C@H](C3)N4Cc3ccccc3)c3ccccc3)sc2C(=O)[O-])cc1OC. The predicted octanol–water partition coefficient (Wildman–Crippen LogP) is 6.90. The van der Waals surface area contributed by atoms with Gasteiger partial charge < -0.3 is 24.1 Å². The number of carbonyl (C=O) groups is 2. The number of hydrogen-bond donors (Lipinski definition) is 2. The number of piperidine rings is 1. The summed E-state index contributed by atoms with van der Waals surface area (Å²) in [6, 6.07) is 27.0. The largest absolute Gasteiger partial charge is 0.544 e. The molecule has 13 heteroatoms. The Morgan fingerprint density at radius 3 is 2.18 bits per heavy atom. The Hall–Kier alpha value is -4.65. The number of methoxy groups -OCH3 is 2. The number of nitrogens with one attached hydrogen (secondary N) is 1. The van der Waals surface area contributed by atoms with E-state index in [0.717, 1.165) is 53.9 Å². The van der Waals surface area contributed by atoms with Gasteiger partial charge >= 0.3 is 5.97 Å². The molecule has 7 rings (SSSR count). The van der Waals surface area contributed by atoms with E-state index in [0.29, 0.717) is 45.2 Å². The van der Waals surface area contributed by atoms with Crippen molar-refractivity contribution in [2.24, 2.45) is 0 Å². The topological polar surface area (TPSA) is 124 Å². The smallest absolute Gasteiger partial charge is 0.328 e. The third kappa shape index (κ3) is 8.82. The van der Waals surface area contributed by atoms with Gasteiger partial charge in [0.15, 0.2) is 11.5 Å². The molecule has 2 bridgehead atoms. The molecule has 0 spiro atoms. The van der Waals surface area contributed by atoms with E-state index < -0.39 is 17.9 Å². The maximum atomic E-state index is 14.1. The van der Waals surface area contributed by atoms with Crippen LogP contribution in [0.3, 0.4) is 0 Å². The second-order valence-electron chi connectivity index (χ2n) is 14.3. The number of carboxylic acid groups (broad SMARTS) is 1. The van der Waals surface area contributed by atoms with Gasteiger partial charge in [-0.2, -0.15) is 0 Å². The molecule has 3 aromatic carbocycles. The van der Waals surface area contributed by atoms with Crippen LogP contribution in [0.4, 0.5) is 0 Å². The van der Waals surface area contributed by atoms with Crippen LogP contribution < -0.4 is 24.6 Å². The number of fused-ring (bicyclic) bond motifs is 2. The van der Waals surface area contributed by atoms with Gasteiger partial charge in [0.05, 0.1) is 25.1 Å². The lowest BCUT2D eigenvalue weighted by atomic mass is 9.85. The summed E-state index contributed by atoms with van der Waals surface area (Å²) >= 11 is 14.2. The monoisotopic (exact) mass is 815 g/mol.